The van der Waals surface area contributed by atoms with Crippen LogP contribution in [0.15, 0.2) is 64.6 Å². The number of aryl methyl sites for hydroxylation is 1. The number of nitrogens with one attached hydrogen (secondary N) is 1. The van der Waals surface area contributed by atoms with Crippen LogP contribution in [0.1, 0.15) is 17.4 Å². The number of guanidine groups is 1. The van der Waals surface area contributed by atoms with E-state index in [-0.39, 0.29) is 5.56 Å². The Morgan fingerprint density at radius 1 is 0.967 bits per heavy atom. The molecular weight excluding hydrogens is 380 g/mol. The summed E-state index contributed by atoms with van der Waals surface area (Å²) in [7, 11) is 0. The molecule has 0 spiro atoms. The number of fused-ring (bicyclic) bond motifs is 1. The molecule has 1 aromatic carbocycles. The van der Waals surface area contributed by atoms with E-state index in [1.807, 2.05) is 43.3 Å². The summed E-state index contributed by atoms with van der Waals surface area (Å²) in [5.41, 5.74) is 1.51. The number of rotatable bonds is 2. The van der Waals surface area contributed by atoms with Crippen LogP contribution in [0.3, 0.4) is 0 Å². The van der Waals surface area contributed by atoms with Crippen molar-refractivity contribution in [1.82, 2.24) is 24.4 Å². The Kier molecular flexibility index (Phi) is 4.62. The van der Waals surface area contributed by atoms with E-state index in [2.05, 4.69) is 30.1 Å². The molecule has 9 nitrogen and oxygen atoms in total. The molecule has 0 aliphatic carbocycles. The number of hydrogen-bond donors (Lipinski definition) is 1. The molecule has 5 rings (SSSR count). The van der Waals surface area contributed by atoms with E-state index in [0.717, 1.165) is 43.7 Å². The lowest BCUT2D eigenvalue weighted by molar-refractivity contribution is 0.374. The number of benzene rings is 1. The third-order valence-corrected chi connectivity index (χ3v) is 5.30. The van der Waals surface area contributed by atoms with Crippen LogP contribution in [0.5, 0.6) is 0 Å². The standard InChI is InChI=1S/C21H22N8O/c1-15-14-17(30)29-18(16-6-3-2-4-7-16)25-20(26-21(29)24-15)28-12-10-27(11-13-28)19-22-8-5-9-23-19/h2-9,14,18H,10-13H2,1H3,(H,24,25,26). The summed E-state index contributed by atoms with van der Waals surface area (Å²) in [5, 5.41) is 3.28. The van der Waals surface area contributed by atoms with Crippen molar-refractivity contribution >= 4 is 17.9 Å². The van der Waals surface area contributed by atoms with Gasteiger partial charge >= 0.3 is 0 Å². The van der Waals surface area contributed by atoms with Crippen molar-refractivity contribution < 1.29 is 0 Å². The lowest BCUT2D eigenvalue weighted by atomic mass is 10.1. The van der Waals surface area contributed by atoms with Crippen LogP contribution in [0.4, 0.5) is 11.9 Å². The zero-order valence-corrected chi connectivity index (χ0v) is 16.6. The highest BCUT2D eigenvalue weighted by Crippen LogP contribution is 2.26. The van der Waals surface area contributed by atoms with Gasteiger partial charge in [-0.2, -0.15) is 0 Å². The summed E-state index contributed by atoms with van der Waals surface area (Å²) in [6.45, 7) is 4.93. The number of hydrogen-bond acceptors (Lipinski definition) is 8. The summed E-state index contributed by atoms with van der Waals surface area (Å²) in [4.78, 5) is 35.2. The Bertz CT molecular complexity index is 1120. The van der Waals surface area contributed by atoms with Crippen LogP contribution in [0, 0.1) is 6.92 Å². The maximum absolute atomic E-state index is 12.7. The van der Waals surface area contributed by atoms with Crippen molar-refractivity contribution in [3.63, 3.8) is 0 Å². The highest BCUT2D eigenvalue weighted by molar-refractivity contribution is 5.93. The lowest BCUT2D eigenvalue weighted by Gasteiger charge is -2.38. The smallest absolute Gasteiger partial charge is 0.257 e. The predicted octanol–water partition coefficient (Wildman–Crippen LogP) is 1.49. The van der Waals surface area contributed by atoms with Gasteiger partial charge in [-0.15, -0.1) is 0 Å². The normalized spacial score (nSPS) is 18.4. The van der Waals surface area contributed by atoms with Gasteiger partial charge in [-0.1, -0.05) is 30.3 Å². The first-order valence-corrected chi connectivity index (χ1v) is 9.96. The van der Waals surface area contributed by atoms with Crippen molar-refractivity contribution in [1.29, 1.82) is 0 Å². The van der Waals surface area contributed by atoms with Gasteiger partial charge in [0.15, 0.2) is 6.17 Å². The van der Waals surface area contributed by atoms with Crippen LogP contribution in [-0.4, -0.2) is 56.6 Å². The second-order valence-corrected chi connectivity index (χ2v) is 7.31. The van der Waals surface area contributed by atoms with Crippen LogP contribution < -0.4 is 15.8 Å². The van der Waals surface area contributed by atoms with Crippen molar-refractivity contribution in [3.8, 4) is 0 Å². The lowest BCUT2D eigenvalue weighted by Crippen LogP contribution is -2.52. The fourth-order valence-corrected chi connectivity index (χ4v) is 3.82. The minimum absolute atomic E-state index is 0.118. The van der Waals surface area contributed by atoms with Gasteiger partial charge < -0.3 is 9.80 Å². The minimum Gasteiger partial charge on any atom is -0.339 e. The van der Waals surface area contributed by atoms with Crippen molar-refractivity contribution in [3.05, 3.63) is 76.5 Å². The van der Waals surface area contributed by atoms with E-state index in [4.69, 9.17) is 4.99 Å². The van der Waals surface area contributed by atoms with E-state index >= 15 is 0 Å². The molecule has 0 saturated carbocycles. The van der Waals surface area contributed by atoms with Gasteiger partial charge in [-0.3, -0.25) is 14.7 Å². The highest BCUT2D eigenvalue weighted by Gasteiger charge is 2.29. The molecule has 3 aromatic rings. The third kappa shape index (κ3) is 3.38. The van der Waals surface area contributed by atoms with Crippen molar-refractivity contribution in [2.45, 2.75) is 13.1 Å². The average Bonchev–Trinajstić information content (AvgIpc) is 2.79. The van der Waals surface area contributed by atoms with Gasteiger partial charge in [-0.05, 0) is 18.6 Å². The molecule has 1 atom stereocenters. The minimum atomic E-state index is -0.450. The Morgan fingerprint density at radius 3 is 2.40 bits per heavy atom. The molecule has 30 heavy (non-hydrogen) atoms. The summed E-state index contributed by atoms with van der Waals surface area (Å²) < 4.78 is 1.61. The van der Waals surface area contributed by atoms with E-state index in [9.17, 15) is 4.79 Å². The van der Waals surface area contributed by atoms with Gasteiger partial charge in [0.2, 0.25) is 17.9 Å². The number of aliphatic imine (C=N–C) groups is 1. The number of aromatic nitrogens is 4. The fourth-order valence-electron chi connectivity index (χ4n) is 3.82. The molecule has 0 radical (unpaired) electrons. The SMILES string of the molecule is Cc1cc(=O)n2c(n1)NC(N1CCN(c3ncccn3)CC1)=NC2c1ccccc1. The Labute approximate surface area is 173 Å². The molecule has 0 amide bonds. The summed E-state index contributed by atoms with van der Waals surface area (Å²) in [6, 6.07) is 13.2. The zero-order valence-electron chi connectivity index (χ0n) is 16.6. The first kappa shape index (κ1) is 18.3. The second-order valence-electron chi connectivity index (χ2n) is 7.31. The van der Waals surface area contributed by atoms with Crippen LogP contribution in [-0.2, 0) is 0 Å². The van der Waals surface area contributed by atoms with Gasteiger partial charge in [0.05, 0.1) is 0 Å². The quantitative estimate of drug-likeness (QED) is 0.694. The van der Waals surface area contributed by atoms with E-state index < -0.39 is 6.17 Å². The zero-order chi connectivity index (χ0) is 20.5. The van der Waals surface area contributed by atoms with Gasteiger partial charge in [0.25, 0.3) is 5.56 Å². The Hall–Kier alpha value is -3.75. The van der Waals surface area contributed by atoms with Crippen molar-refractivity contribution in [2.75, 3.05) is 36.4 Å². The molecule has 1 fully saturated rings. The topological polar surface area (TPSA) is 91.5 Å². The van der Waals surface area contributed by atoms with Crippen LogP contribution >= 0.6 is 0 Å². The van der Waals surface area contributed by atoms with E-state index in [0.29, 0.717) is 11.6 Å². The Balaban J connectivity index is 1.45. The van der Waals surface area contributed by atoms with Gasteiger partial charge in [0, 0.05) is 50.3 Å². The number of anilines is 2. The molecule has 4 heterocycles. The second kappa shape index (κ2) is 7.58. The summed E-state index contributed by atoms with van der Waals surface area (Å²) in [6.07, 6.45) is 3.07. The van der Waals surface area contributed by atoms with Crippen LogP contribution in [0.25, 0.3) is 0 Å². The fraction of sp³-hybridized carbons (Fsp3) is 0.286. The van der Waals surface area contributed by atoms with Gasteiger partial charge in [-0.25, -0.2) is 19.9 Å². The third-order valence-electron chi connectivity index (χ3n) is 5.30. The predicted molar refractivity (Wildman–Crippen MR) is 115 cm³/mol. The molecule has 2 aromatic heterocycles. The molecule has 152 valence electrons. The monoisotopic (exact) mass is 402 g/mol. The molecular formula is C21H22N8O. The Morgan fingerprint density at radius 2 is 1.67 bits per heavy atom. The molecule has 1 N–H and O–H groups in total. The van der Waals surface area contributed by atoms with E-state index in [1.165, 1.54) is 0 Å². The number of piperazine rings is 1. The van der Waals surface area contributed by atoms with Crippen molar-refractivity contribution in [2.24, 2.45) is 4.99 Å². The summed E-state index contributed by atoms with van der Waals surface area (Å²) in [5.74, 6) is 2.00. The maximum Gasteiger partial charge on any atom is 0.257 e. The first-order valence-electron chi connectivity index (χ1n) is 9.96. The van der Waals surface area contributed by atoms with Gasteiger partial charge in [0.1, 0.15) is 0 Å². The number of nitrogens with zero attached hydrogens (tertiary/aromatic N) is 7. The van der Waals surface area contributed by atoms with E-state index in [1.54, 1.807) is 23.0 Å². The molecule has 9 heteroatoms. The molecule has 2 aliphatic heterocycles. The molecule has 0 bridgehead atoms. The first-order chi connectivity index (χ1) is 14.7. The molecule has 1 unspecified atom stereocenters. The maximum atomic E-state index is 12.7. The summed E-state index contributed by atoms with van der Waals surface area (Å²) >= 11 is 0. The molecule has 1 saturated heterocycles. The highest BCUT2D eigenvalue weighted by atomic mass is 16.1. The average molecular weight is 402 g/mol. The molecule has 2 aliphatic rings. The van der Waals surface area contributed by atoms with Crippen LogP contribution in [0.2, 0.25) is 0 Å². The largest absolute Gasteiger partial charge is 0.339 e.